The Morgan fingerprint density at radius 1 is 1.07 bits per heavy atom. The number of aliphatic carboxylic acids is 2. The summed E-state index contributed by atoms with van der Waals surface area (Å²) in [7, 11) is 1.88. The first-order valence-electron chi connectivity index (χ1n) is 14.4. The molecule has 1 aromatic carbocycles. The van der Waals surface area contributed by atoms with E-state index >= 15 is 0 Å². The second-order valence-electron chi connectivity index (χ2n) is 10.1. The first kappa shape index (κ1) is 35.3. The Kier molecular flexibility index (Phi) is 15.3. The van der Waals surface area contributed by atoms with Crippen LogP contribution in [0.3, 0.4) is 0 Å². The van der Waals surface area contributed by atoms with Crippen LogP contribution in [0.2, 0.25) is 5.02 Å². The Morgan fingerprint density at radius 3 is 2.35 bits per heavy atom. The molecule has 1 aromatic rings. The minimum Gasteiger partial charge on any atom is -0.481 e. The molecular formula is C34H45ClN4O4. The number of halogens is 1. The lowest BCUT2D eigenvalue weighted by atomic mass is 9.93. The lowest BCUT2D eigenvalue weighted by Gasteiger charge is -2.40. The number of piperazine rings is 1. The van der Waals surface area contributed by atoms with Crippen molar-refractivity contribution in [2.45, 2.75) is 33.2 Å². The van der Waals surface area contributed by atoms with E-state index in [1.807, 2.05) is 69.5 Å². The van der Waals surface area contributed by atoms with Crippen LogP contribution in [-0.2, 0) is 9.59 Å². The maximum Gasteiger partial charge on any atom is 0.331 e. The summed E-state index contributed by atoms with van der Waals surface area (Å²) in [6, 6.07) is 5.60. The van der Waals surface area contributed by atoms with Gasteiger partial charge in [0.05, 0.1) is 12.5 Å². The Labute approximate surface area is 261 Å². The molecule has 2 rings (SSSR count). The molecule has 232 valence electrons. The molecule has 0 amide bonds. The molecule has 43 heavy (non-hydrogen) atoms. The van der Waals surface area contributed by atoms with Crippen LogP contribution in [0.1, 0.15) is 32.8 Å². The Morgan fingerprint density at radius 2 is 1.77 bits per heavy atom. The maximum absolute atomic E-state index is 11.5. The van der Waals surface area contributed by atoms with Crippen molar-refractivity contribution in [3.05, 3.63) is 107 Å². The molecule has 0 radical (unpaired) electrons. The second-order valence-corrected chi connectivity index (χ2v) is 10.5. The van der Waals surface area contributed by atoms with Gasteiger partial charge < -0.3 is 20.8 Å². The van der Waals surface area contributed by atoms with Crippen LogP contribution in [0, 0.1) is 0 Å². The Balaban J connectivity index is 2.22. The molecule has 9 heteroatoms. The molecule has 0 aromatic heterocycles. The summed E-state index contributed by atoms with van der Waals surface area (Å²) in [6.07, 6.45) is 16.4. The lowest BCUT2D eigenvalue weighted by Crippen LogP contribution is -2.52. The average Bonchev–Trinajstić information content (AvgIpc) is 2.98. The van der Waals surface area contributed by atoms with E-state index in [-0.39, 0.29) is 18.0 Å². The van der Waals surface area contributed by atoms with E-state index in [4.69, 9.17) is 11.6 Å². The first-order valence-corrected chi connectivity index (χ1v) is 14.8. The van der Waals surface area contributed by atoms with E-state index < -0.39 is 11.9 Å². The van der Waals surface area contributed by atoms with Gasteiger partial charge in [0.15, 0.2) is 0 Å². The van der Waals surface area contributed by atoms with E-state index in [0.29, 0.717) is 5.02 Å². The summed E-state index contributed by atoms with van der Waals surface area (Å²) in [5, 5.41) is 26.0. The number of nitrogens with zero attached hydrogens (tertiary/aromatic N) is 2. The predicted molar refractivity (Wildman–Crippen MR) is 178 cm³/mol. The molecule has 0 aliphatic carbocycles. The fourth-order valence-corrected chi connectivity index (χ4v) is 5.08. The molecule has 1 fully saturated rings. The molecule has 1 aliphatic heterocycles. The zero-order chi connectivity index (χ0) is 31.8. The van der Waals surface area contributed by atoms with Crippen LogP contribution < -0.4 is 10.6 Å². The fourth-order valence-electron chi connectivity index (χ4n) is 4.91. The van der Waals surface area contributed by atoms with Crippen LogP contribution in [0.25, 0.3) is 5.70 Å². The number of nitrogens with one attached hydrogen (secondary N) is 2. The summed E-state index contributed by atoms with van der Waals surface area (Å²) >= 11 is 6.18. The number of anilines is 1. The third-order valence-corrected chi connectivity index (χ3v) is 7.35. The summed E-state index contributed by atoms with van der Waals surface area (Å²) in [4.78, 5) is 27.4. The third kappa shape index (κ3) is 11.4. The van der Waals surface area contributed by atoms with Gasteiger partial charge in [-0.2, -0.15) is 0 Å². The van der Waals surface area contributed by atoms with Crippen molar-refractivity contribution in [2.75, 3.05) is 51.6 Å². The van der Waals surface area contributed by atoms with Crippen LogP contribution >= 0.6 is 11.6 Å². The summed E-state index contributed by atoms with van der Waals surface area (Å²) in [5.41, 5.74) is 5.10. The largest absolute Gasteiger partial charge is 0.481 e. The maximum atomic E-state index is 11.5. The highest BCUT2D eigenvalue weighted by atomic mass is 35.5. The van der Waals surface area contributed by atoms with E-state index in [2.05, 4.69) is 33.1 Å². The highest BCUT2D eigenvalue weighted by Crippen LogP contribution is 2.26. The minimum absolute atomic E-state index is 0.0945. The second kappa shape index (κ2) is 18.6. The number of carboxylic acid groups (broad SMARTS) is 2. The number of carboxylic acids is 2. The highest BCUT2D eigenvalue weighted by Gasteiger charge is 2.27. The standard InChI is InChI=1S/C34H45ClN4O4/c1-6-10-26(12-9-13-32(40)41)33(27(11-7-2)15-14-25(4)34(42)43)39-22-20-38(21-23-39)19-18-37-30(8-3)29-17-16-28(35)24-31(29)36-5/h6-12,14-17,24,33,36-37H,1,13,18-23H2,2-5H3,(H,40,41)(H,42,43)/b11-7-,12-9-,25-14+,26-10+,27-15+,30-8+. The van der Waals surface area contributed by atoms with Crippen molar-refractivity contribution in [1.29, 1.82) is 0 Å². The van der Waals surface area contributed by atoms with Gasteiger partial charge in [0, 0.05) is 73.9 Å². The minimum atomic E-state index is -0.975. The molecule has 0 bridgehead atoms. The van der Waals surface area contributed by atoms with Crippen LogP contribution in [-0.4, -0.2) is 84.3 Å². The molecule has 1 heterocycles. The Hall–Kier alpha value is -3.85. The van der Waals surface area contributed by atoms with Crippen LogP contribution in [0.5, 0.6) is 0 Å². The quantitative estimate of drug-likeness (QED) is 0.134. The van der Waals surface area contributed by atoms with Gasteiger partial charge in [0.1, 0.15) is 0 Å². The van der Waals surface area contributed by atoms with Gasteiger partial charge >= 0.3 is 11.9 Å². The zero-order valence-corrected chi connectivity index (χ0v) is 26.4. The number of hydrogen-bond donors (Lipinski definition) is 4. The number of carbonyl (C=O) groups is 2. The Bertz CT molecular complexity index is 1300. The normalized spacial score (nSPS) is 17.0. The van der Waals surface area contributed by atoms with E-state index in [9.17, 15) is 19.8 Å². The fraction of sp³-hybridized carbons (Fsp3) is 0.353. The highest BCUT2D eigenvalue weighted by molar-refractivity contribution is 6.31. The summed E-state index contributed by atoms with van der Waals surface area (Å²) in [6.45, 7) is 14.3. The van der Waals surface area contributed by atoms with Crippen molar-refractivity contribution in [2.24, 2.45) is 0 Å². The van der Waals surface area contributed by atoms with E-state index in [0.717, 1.165) is 67.4 Å². The van der Waals surface area contributed by atoms with Gasteiger partial charge in [-0.05, 0) is 50.1 Å². The van der Waals surface area contributed by atoms with Gasteiger partial charge in [0.2, 0.25) is 0 Å². The van der Waals surface area contributed by atoms with Crippen molar-refractivity contribution in [3.63, 3.8) is 0 Å². The monoisotopic (exact) mass is 608 g/mol. The van der Waals surface area contributed by atoms with Crippen molar-refractivity contribution in [1.82, 2.24) is 15.1 Å². The van der Waals surface area contributed by atoms with Crippen LogP contribution in [0.15, 0.2) is 96.2 Å². The molecule has 0 spiro atoms. The first-order chi connectivity index (χ1) is 20.6. The van der Waals surface area contributed by atoms with Gasteiger partial charge in [-0.1, -0.05) is 72.9 Å². The smallest absolute Gasteiger partial charge is 0.331 e. The predicted octanol–water partition coefficient (Wildman–Crippen LogP) is 6.00. The van der Waals surface area contributed by atoms with Gasteiger partial charge in [-0.15, -0.1) is 0 Å². The summed E-state index contributed by atoms with van der Waals surface area (Å²) < 4.78 is 0. The molecule has 8 nitrogen and oxygen atoms in total. The molecular weight excluding hydrogens is 564 g/mol. The third-order valence-electron chi connectivity index (χ3n) is 7.11. The van der Waals surface area contributed by atoms with Crippen LogP contribution in [0.4, 0.5) is 5.69 Å². The molecule has 1 atom stereocenters. The van der Waals surface area contributed by atoms with Gasteiger partial charge in [0.25, 0.3) is 0 Å². The number of hydrogen-bond acceptors (Lipinski definition) is 6. The van der Waals surface area contributed by atoms with E-state index in [1.165, 1.54) is 0 Å². The van der Waals surface area contributed by atoms with Gasteiger partial charge in [-0.3, -0.25) is 14.6 Å². The van der Waals surface area contributed by atoms with Crippen molar-refractivity contribution >= 4 is 34.9 Å². The van der Waals surface area contributed by atoms with Crippen molar-refractivity contribution < 1.29 is 19.8 Å². The van der Waals surface area contributed by atoms with Gasteiger partial charge in [-0.25, -0.2) is 4.79 Å². The summed E-state index contributed by atoms with van der Waals surface area (Å²) in [5.74, 6) is -1.88. The zero-order valence-electron chi connectivity index (χ0n) is 25.6. The molecule has 1 unspecified atom stereocenters. The lowest BCUT2D eigenvalue weighted by molar-refractivity contribution is -0.136. The molecule has 4 N–H and O–H groups in total. The number of allylic oxidation sites excluding steroid dienone is 6. The average molecular weight is 609 g/mol. The van der Waals surface area contributed by atoms with E-state index in [1.54, 1.807) is 25.2 Å². The molecule has 1 saturated heterocycles. The molecule has 1 aliphatic rings. The number of rotatable bonds is 16. The SMILES string of the molecule is C=C/C=C(\C=C/CC(=O)O)C(C(/C=C\C)=C/C=C(\C)C(=O)O)N1CCN(CCN/C(=C/C)c2ccc(Cl)cc2NC)CC1. The van der Waals surface area contributed by atoms with Crippen molar-refractivity contribution in [3.8, 4) is 0 Å². The topological polar surface area (TPSA) is 105 Å². The molecule has 0 saturated carbocycles. The number of benzene rings is 1.